The molecule has 0 radical (unpaired) electrons. The molecule has 0 aliphatic heterocycles. The molecule has 84 valence electrons. The van der Waals surface area contributed by atoms with Crippen molar-refractivity contribution in [1.29, 1.82) is 0 Å². The molecule has 0 spiro atoms. The molecule has 0 N–H and O–H groups in total. The number of ketones is 2. The predicted molar refractivity (Wildman–Crippen MR) is 62.9 cm³/mol. The van der Waals surface area contributed by atoms with E-state index in [1.165, 1.54) is 6.08 Å². The smallest absolute Gasteiger partial charge is 0.229 e. The van der Waals surface area contributed by atoms with Crippen molar-refractivity contribution in [2.75, 3.05) is 0 Å². The number of hydrogen-bond acceptors (Lipinski definition) is 2. The molecule has 0 saturated heterocycles. The summed E-state index contributed by atoms with van der Waals surface area (Å²) in [5.41, 5.74) is 1.93. The van der Waals surface area contributed by atoms with Crippen LogP contribution in [0.5, 0.6) is 0 Å². The third-order valence-corrected chi connectivity index (χ3v) is 4.08. The Balaban J connectivity index is 2.65. The van der Waals surface area contributed by atoms with Gasteiger partial charge in [0.2, 0.25) is 11.6 Å². The fraction of sp³-hybridized carbons (Fsp3) is 0.429. The molecule has 2 heteroatoms. The van der Waals surface area contributed by atoms with E-state index in [2.05, 4.69) is 20.1 Å². The van der Waals surface area contributed by atoms with Crippen LogP contribution in [0.1, 0.15) is 26.7 Å². The van der Waals surface area contributed by atoms with Gasteiger partial charge in [-0.2, -0.15) is 0 Å². The third-order valence-electron chi connectivity index (χ3n) is 4.08. The van der Waals surface area contributed by atoms with E-state index in [4.69, 9.17) is 0 Å². The summed E-state index contributed by atoms with van der Waals surface area (Å²) in [5, 5.41) is 0. The van der Waals surface area contributed by atoms with Gasteiger partial charge in [0.25, 0.3) is 0 Å². The van der Waals surface area contributed by atoms with Gasteiger partial charge in [0.05, 0.1) is 0 Å². The molecule has 0 aromatic heterocycles. The van der Waals surface area contributed by atoms with Crippen molar-refractivity contribution in [1.82, 2.24) is 0 Å². The molecule has 0 amide bonds. The van der Waals surface area contributed by atoms with Crippen molar-refractivity contribution >= 4 is 11.6 Å². The number of hydrogen-bond donors (Lipinski definition) is 0. The van der Waals surface area contributed by atoms with Gasteiger partial charge in [-0.3, -0.25) is 9.59 Å². The van der Waals surface area contributed by atoms with Gasteiger partial charge in [-0.1, -0.05) is 25.7 Å². The molecule has 2 nitrogen and oxygen atoms in total. The topological polar surface area (TPSA) is 34.1 Å². The molecule has 0 aromatic carbocycles. The normalized spacial score (nSPS) is 34.9. The summed E-state index contributed by atoms with van der Waals surface area (Å²) >= 11 is 0. The van der Waals surface area contributed by atoms with E-state index in [9.17, 15) is 9.59 Å². The quantitative estimate of drug-likeness (QED) is 0.354. The van der Waals surface area contributed by atoms with E-state index in [-0.39, 0.29) is 0 Å². The lowest BCUT2D eigenvalue weighted by Gasteiger charge is -2.44. The van der Waals surface area contributed by atoms with Crippen LogP contribution in [0, 0.1) is 11.3 Å². The first-order valence-corrected chi connectivity index (χ1v) is 5.57. The summed E-state index contributed by atoms with van der Waals surface area (Å²) in [6.45, 7) is 11.9. The first-order chi connectivity index (χ1) is 7.39. The molecule has 0 aromatic rings. The van der Waals surface area contributed by atoms with Crippen molar-refractivity contribution in [3.05, 3.63) is 36.0 Å². The zero-order chi connectivity index (χ0) is 12.1. The Morgan fingerprint density at radius 1 is 1.38 bits per heavy atom. The van der Waals surface area contributed by atoms with Crippen LogP contribution in [0.2, 0.25) is 0 Å². The van der Waals surface area contributed by atoms with Crippen molar-refractivity contribution in [3.63, 3.8) is 0 Å². The van der Waals surface area contributed by atoms with Gasteiger partial charge in [0.15, 0.2) is 0 Å². The number of Topliss-reactive ketones (excluding diaryl/α,β-unsaturated/α-hetero) is 1. The molecule has 0 unspecified atom stereocenters. The van der Waals surface area contributed by atoms with Gasteiger partial charge in [0.1, 0.15) is 0 Å². The first-order valence-electron chi connectivity index (χ1n) is 5.57. The highest BCUT2D eigenvalue weighted by Gasteiger charge is 2.46. The molecule has 2 aliphatic carbocycles. The van der Waals surface area contributed by atoms with Crippen LogP contribution in [0.3, 0.4) is 0 Å². The minimum absolute atomic E-state index is 0.323. The SMILES string of the molecule is C=C1CC[C@H](C)C2=CC(=O)C(=O)C(=C)[C@]12C. The summed E-state index contributed by atoms with van der Waals surface area (Å²) in [4.78, 5) is 23.2. The summed E-state index contributed by atoms with van der Waals surface area (Å²) in [6, 6.07) is 0. The molecule has 0 bridgehead atoms. The second-order valence-corrected chi connectivity index (χ2v) is 4.94. The second-order valence-electron chi connectivity index (χ2n) is 4.94. The zero-order valence-electron chi connectivity index (χ0n) is 9.80. The van der Waals surface area contributed by atoms with Gasteiger partial charge in [0, 0.05) is 11.0 Å². The number of carbonyl (C=O) groups is 2. The zero-order valence-corrected chi connectivity index (χ0v) is 9.80. The minimum atomic E-state index is -0.483. The van der Waals surface area contributed by atoms with Gasteiger partial charge in [-0.25, -0.2) is 0 Å². The van der Waals surface area contributed by atoms with E-state index in [0.29, 0.717) is 11.5 Å². The molecular weight excluding hydrogens is 200 g/mol. The number of fused-ring (bicyclic) bond motifs is 1. The Bertz CT molecular complexity index is 453. The fourth-order valence-corrected chi connectivity index (χ4v) is 2.75. The highest BCUT2D eigenvalue weighted by atomic mass is 16.2. The van der Waals surface area contributed by atoms with Gasteiger partial charge >= 0.3 is 0 Å². The lowest BCUT2D eigenvalue weighted by atomic mass is 9.58. The maximum atomic E-state index is 11.7. The van der Waals surface area contributed by atoms with Crippen molar-refractivity contribution in [2.24, 2.45) is 11.3 Å². The molecule has 2 rings (SSSR count). The Morgan fingerprint density at radius 3 is 2.62 bits per heavy atom. The molecule has 1 fully saturated rings. The molecule has 16 heavy (non-hydrogen) atoms. The van der Waals surface area contributed by atoms with E-state index in [1.54, 1.807) is 0 Å². The van der Waals surface area contributed by atoms with Gasteiger partial charge < -0.3 is 0 Å². The van der Waals surface area contributed by atoms with Crippen LogP contribution < -0.4 is 0 Å². The van der Waals surface area contributed by atoms with Crippen LogP contribution in [0.25, 0.3) is 0 Å². The second kappa shape index (κ2) is 3.27. The van der Waals surface area contributed by atoms with E-state index < -0.39 is 17.0 Å². The standard InChI is InChI=1S/C14H16O2/c1-8-5-6-9(2)14(4)10(3)13(16)12(15)7-11(8)14/h7-8H,2-3,5-6H2,1,4H3/t8-,14-/m0/s1. The van der Waals surface area contributed by atoms with Crippen LogP contribution in [0.4, 0.5) is 0 Å². The summed E-state index contributed by atoms with van der Waals surface area (Å²) in [6.07, 6.45) is 3.40. The maximum absolute atomic E-state index is 11.7. The highest BCUT2D eigenvalue weighted by molar-refractivity contribution is 6.48. The van der Waals surface area contributed by atoms with E-state index >= 15 is 0 Å². The minimum Gasteiger partial charge on any atom is -0.286 e. The van der Waals surface area contributed by atoms with E-state index in [0.717, 1.165) is 24.0 Å². The van der Waals surface area contributed by atoms with E-state index in [1.807, 2.05) is 6.92 Å². The van der Waals surface area contributed by atoms with Crippen LogP contribution in [-0.2, 0) is 9.59 Å². The molecule has 0 heterocycles. The van der Waals surface area contributed by atoms with Crippen LogP contribution in [-0.4, -0.2) is 11.6 Å². The number of carbonyl (C=O) groups excluding carboxylic acids is 2. The predicted octanol–water partition coefficient (Wildman–Crippen LogP) is 2.61. The first kappa shape index (κ1) is 11.1. The lowest BCUT2D eigenvalue weighted by Crippen LogP contribution is -2.40. The van der Waals surface area contributed by atoms with Crippen LogP contribution >= 0.6 is 0 Å². The number of rotatable bonds is 0. The van der Waals surface area contributed by atoms with Crippen molar-refractivity contribution < 1.29 is 9.59 Å². The summed E-state index contributed by atoms with van der Waals surface area (Å²) in [5.74, 6) is -0.565. The lowest BCUT2D eigenvalue weighted by molar-refractivity contribution is -0.132. The molecular formula is C14H16O2. The maximum Gasteiger partial charge on any atom is 0.229 e. The highest BCUT2D eigenvalue weighted by Crippen LogP contribution is 2.52. The largest absolute Gasteiger partial charge is 0.286 e. The van der Waals surface area contributed by atoms with Crippen molar-refractivity contribution in [3.8, 4) is 0 Å². The average Bonchev–Trinajstić information content (AvgIpc) is 2.25. The molecule has 1 saturated carbocycles. The fourth-order valence-electron chi connectivity index (χ4n) is 2.75. The van der Waals surface area contributed by atoms with Gasteiger partial charge in [-0.15, -0.1) is 0 Å². The Hall–Kier alpha value is -1.44. The summed E-state index contributed by atoms with van der Waals surface area (Å²) < 4.78 is 0. The third kappa shape index (κ3) is 1.19. The van der Waals surface area contributed by atoms with Crippen LogP contribution in [0.15, 0.2) is 36.0 Å². The van der Waals surface area contributed by atoms with Gasteiger partial charge in [-0.05, 0) is 37.3 Å². The Labute approximate surface area is 95.7 Å². The average molecular weight is 216 g/mol. The Kier molecular flexibility index (Phi) is 2.26. The molecule has 2 atom stereocenters. The number of allylic oxidation sites excluding steroid dienone is 4. The Morgan fingerprint density at radius 2 is 2.00 bits per heavy atom. The van der Waals surface area contributed by atoms with Crippen molar-refractivity contribution in [2.45, 2.75) is 26.7 Å². The monoisotopic (exact) mass is 216 g/mol. The summed E-state index contributed by atoms with van der Waals surface area (Å²) in [7, 11) is 0. The molecule has 2 aliphatic rings.